The van der Waals surface area contributed by atoms with Gasteiger partial charge in [0.15, 0.2) is 0 Å². The third-order valence-corrected chi connectivity index (χ3v) is 3.91. The van der Waals surface area contributed by atoms with Gasteiger partial charge in [0, 0.05) is 0 Å². The monoisotopic (exact) mass is 220 g/mol. The largest absolute Gasteiger partial charge is 0.381 e. The standard InChI is InChI=1S/C15H24O/c1-10(2)5-12-7-13(6-11(3)4)15-9-16-8-14(12)15/h5-6,12-15H,7-9H2,1-4H3. The van der Waals surface area contributed by atoms with Crippen LogP contribution in [0.3, 0.4) is 0 Å². The van der Waals surface area contributed by atoms with Gasteiger partial charge in [0.05, 0.1) is 13.2 Å². The van der Waals surface area contributed by atoms with E-state index in [-0.39, 0.29) is 0 Å². The fourth-order valence-corrected chi connectivity index (χ4v) is 3.37. The van der Waals surface area contributed by atoms with E-state index in [0.717, 1.165) is 36.9 Å². The molecule has 0 radical (unpaired) electrons. The summed E-state index contributed by atoms with van der Waals surface area (Å²) in [6.45, 7) is 10.8. The lowest BCUT2D eigenvalue weighted by molar-refractivity contribution is 0.163. The summed E-state index contributed by atoms with van der Waals surface area (Å²) in [5.74, 6) is 3.04. The van der Waals surface area contributed by atoms with Crippen LogP contribution in [0.25, 0.3) is 0 Å². The molecule has 2 rings (SSSR count). The Bertz CT molecular complexity index is 275. The molecule has 0 spiro atoms. The summed E-state index contributed by atoms with van der Waals surface area (Å²) in [4.78, 5) is 0. The molecule has 1 aliphatic carbocycles. The molecular formula is C15H24O. The van der Waals surface area contributed by atoms with Gasteiger partial charge in [-0.1, -0.05) is 23.3 Å². The van der Waals surface area contributed by atoms with Gasteiger partial charge < -0.3 is 4.74 Å². The van der Waals surface area contributed by atoms with Gasteiger partial charge in [-0.2, -0.15) is 0 Å². The van der Waals surface area contributed by atoms with Crippen LogP contribution in [-0.2, 0) is 4.74 Å². The van der Waals surface area contributed by atoms with Gasteiger partial charge in [-0.25, -0.2) is 0 Å². The highest BCUT2D eigenvalue weighted by atomic mass is 16.5. The number of hydrogen-bond acceptors (Lipinski definition) is 1. The van der Waals surface area contributed by atoms with E-state index in [1.54, 1.807) is 0 Å². The molecule has 0 aromatic heterocycles. The maximum atomic E-state index is 5.68. The van der Waals surface area contributed by atoms with Crippen LogP contribution in [0.15, 0.2) is 23.3 Å². The van der Waals surface area contributed by atoms with E-state index in [1.807, 2.05) is 0 Å². The van der Waals surface area contributed by atoms with Gasteiger partial charge in [-0.15, -0.1) is 0 Å². The van der Waals surface area contributed by atoms with Crippen molar-refractivity contribution in [2.45, 2.75) is 34.1 Å². The molecular weight excluding hydrogens is 196 g/mol. The van der Waals surface area contributed by atoms with Crippen LogP contribution in [0.1, 0.15) is 34.1 Å². The molecule has 0 bridgehead atoms. The first-order valence-corrected chi connectivity index (χ1v) is 6.45. The predicted octanol–water partition coefficient (Wildman–Crippen LogP) is 3.82. The number of rotatable bonds is 2. The summed E-state index contributed by atoms with van der Waals surface area (Å²) in [6.07, 6.45) is 6.26. The molecule has 1 heteroatoms. The Morgan fingerprint density at radius 1 is 0.875 bits per heavy atom. The van der Waals surface area contributed by atoms with Crippen LogP contribution >= 0.6 is 0 Å². The summed E-state index contributed by atoms with van der Waals surface area (Å²) in [6, 6.07) is 0. The minimum atomic E-state index is 0.748. The Morgan fingerprint density at radius 3 is 1.69 bits per heavy atom. The van der Waals surface area contributed by atoms with Gasteiger partial charge in [0.2, 0.25) is 0 Å². The van der Waals surface area contributed by atoms with Crippen LogP contribution in [0.5, 0.6) is 0 Å². The second-order valence-electron chi connectivity index (χ2n) is 5.92. The molecule has 1 heterocycles. The van der Waals surface area contributed by atoms with Crippen LogP contribution in [0.4, 0.5) is 0 Å². The second kappa shape index (κ2) is 4.75. The van der Waals surface area contributed by atoms with Crippen LogP contribution in [0.2, 0.25) is 0 Å². The van der Waals surface area contributed by atoms with Crippen molar-refractivity contribution in [3.05, 3.63) is 23.3 Å². The average Bonchev–Trinajstić information content (AvgIpc) is 2.70. The molecule has 1 nitrogen and oxygen atoms in total. The molecule has 2 aliphatic rings. The van der Waals surface area contributed by atoms with E-state index in [1.165, 1.54) is 17.6 Å². The Balaban J connectivity index is 2.15. The van der Waals surface area contributed by atoms with Crippen molar-refractivity contribution in [2.24, 2.45) is 23.7 Å². The van der Waals surface area contributed by atoms with Crippen LogP contribution in [-0.4, -0.2) is 13.2 Å². The highest BCUT2D eigenvalue weighted by Crippen LogP contribution is 2.47. The molecule has 1 saturated heterocycles. The number of hydrogen-bond donors (Lipinski definition) is 0. The Morgan fingerprint density at radius 2 is 1.31 bits per heavy atom. The van der Waals surface area contributed by atoms with Crippen molar-refractivity contribution in [3.63, 3.8) is 0 Å². The van der Waals surface area contributed by atoms with E-state index in [9.17, 15) is 0 Å². The van der Waals surface area contributed by atoms with Gasteiger partial charge in [-0.05, 0) is 57.8 Å². The van der Waals surface area contributed by atoms with E-state index < -0.39 is 0 Å². The summed E-state index contributed by atoms with van der Waals surface area (Å²) < 4.78 is 5.68. The lowest BCUT2D eigenvalue weighted by Crippen LogP contribution is -2.13. The molecule has 1 aliphatic heterocycles. The fraction of sp³-hybridized carbons (Fsp3) is 0.733. The van der Waals surface area contributed by atoms with E-state index in [0.29, 0.717) is 0 Å². The van der Waals surface area contributed by atoms with Crippen molar-refractivity contribution in [1.29, 1.82) is 0 Å². The van der Waals surface area contributed by atoms with Crippen molar-refractivity contribution in [1.82, 2.24) is 0 Å². The minimum absolute atomic E-state index is 0.748. The number of allylic oxidation sites excluding steroid dienone is 4. The molecule has 0 N–H and O–H groups in total. The lowest BCUT2D eigenvalue weighted by atomic mass is 9.89. The quantitative estimate of drug-likeness (QED) is 0.643. The number of ether oxygens (including phenoxy) is 1. The zero-order valence-electron chi connectivity index (χ0n) is 11.0. The molecule has 4 unspecified atom stereocenters. The highest BCUT2D eigenvalue weighted by molar-refractivity contribution is 5.11. The first-order valence-electron chi connectivity index (χ1n) is 6.45. The SMILES string of the molecule is CC(C)=CC1CC(C=C(C)C)C2COCC12. The van der Waals surface area contributed by atoms with Gasteiger partial charge >= 0.3 is 0 Å². The Kier molecular flexibility index (Phi) is 3.53. The topological polar surface area (TPSA) is 9.23 Å². The predicted molar refractivity (Wildman–Crippen MR) is 68.3 cm³/mol. The molecule has 4 atom stereocenters. The summed E-state index contributed by atoms with van der Waals surface area (Å²) in [7, 11) is 0. The van der Waals surface area contributed by atoms with Crippen molar-refractivity contribution in [3.8, 4) is 0 Å². The molecule has 90 valence electrons. The molecule has 16 heavy (non-hydrogen) atoms. The van der Waals surface area contributed by atoms with Gasteiger partial charge in [0.25, 0.3) is 0 Å². The van der Waals surface area contributed by atoms with Crippen LogP contribution < -0.4 is 0 Å². The third kappa shape index (κ3) is 2.40. The first kappa shape index (κ1) is 11.9. The summed E-state index contributed by atoms with van der Waals surface area (Å²) in [5, 5.41) is 0. The normalized spacial score (nSPS) is 37.0. The highest BCUT2D eigenvalue weighted by Gasteiger charge is 2.44. The maximum absolute atomic E-state index is 5.68. The third-order valence-electron chi connectivity index (χ3n) is 3.91. The van der Waals surface area contributed by atoms with Crippen molar-refractivity contribution >= 4 is 0 Å². The smallest absolute Gasteiger partial charge is 0.0503 e. The molecule has 0 amide bonds. The first-order chi connectivity index (χ1) is 7.58. The zero-order valence-corrected chi connectivity index (χ0v) is 11.0. The second-order valence-corrected chi connectivity index (χ2v) is 5.92. The summed E-state index contributed by atoms with van der Waals surface area (Å²) >= 11 is 0. The fourth-order valence-electron chi connectivity index (χ4n) is 3.37. The van der Waals surface area contributed by atoms with E-state index in [2.05, 4.69) is 39.8 Å². The summed E-state index contributed by atoms with van der Waals surface area (Å²) in [5.41, 5.74) is 2.90. The van der Waals surface area contributed by atoms with Gasteiger partial charge in [-0.3, -0.25) is 0 Å². The Hall–Kier alpha value is -0.560. The van der Waals surface area contributed by atoms with E-state index in [4.69, 9.17) is 4.74 Å². The maximum Gasteiger partial charge on any atom is 0.0503 e. The molecule has 2 fully saturated rings. The van der Waals surface area contributed by atoms with Gasteiger partial charge in [0.1, 0.15) is 0 Å². The number of fused-ring (bicyclic) bond motifs is 1. The van der Waals surface area contributed by atoms with E-state index >= 15 is 0 Å². The molecule has 0 aromatic carbocycles. The van der Waals surface area contributed by atoms with Crippen LogP contribution in [0, 0.1) is 23.7 Å². The molecule has 1 saturated carbocycles. The zero-order chi connectivity index (χ0) is 11.7. The lowest BCUT2D eigenvalue weighted by Gasteiger charge is -2.13. The van der Waals surface area contributed by atoms with Crippen molar-refractivity contribution in [2.75, 3.05) is 13.2 Å². The average molecular weight is 220 g/mol. The van der Waals surface area contributed by atoms with Crippen molar-refractivity contribution < 1.29 is 4.74 Å². The molecule has 0 aromatic rings. The minimum Gasteiger partial charge on any atom is -0.381 e. The Labute approximate surface area is 99.6 Å².